The number of aromatic nitrogens is 4. The summed E-state index contributed by atoms with van der Waals surface area (Å²) in [5.41, 5.74) is -0.621. The normalized spacial score (nSPS) is 11.7. The van der Waals surface area contributed by atoms with Crippen LogP contribution in [0.3, 0.4) is 0 Å². The van der Waals surface area contributed by atoms with E-state index >= 15 is 0 Å². The number of nitrogens with zero attached hydrogens (tertiary/aromatic N) is 4. The molecule has 0 radical (unpaired) electrons. The van der Waals surface area contributed by atoms with Gasteiger partial charge in [0.2, 0.25) is 5.91 Å². The van der Waals surface area contributed by atoms with Gasteiger partial charge in [0.15, 0.2) is 0 Å². The Balaban J connectivity index is 1.66. The maximum atomic E-state index is 13.3. The number of hydrogen-bond donors (Lipinski definition) is 1. The molecule has 0 aliphatic carbocycles. The summed E-state index contributed by atoms with van der Waals surface area (Å²) in [6.45, 7) is 1.10. The fraction of sp³-hybridized carbons (Fsp3) is 0.143. The number of amides is 1. The Hall–Kier alpha value is -4.02. The smallest absolute Gasteiger partial charge is 0.324 e. The van der Waals surface area contributed by atoms with Crippen molar-refractivity contribution in [1.82, 2.24) is 19.6 Å². The minimum atomic E-state index is -4.56. The van der Waals surface area contributed by atoms with E-state index in [1.807, 2.05) is 0 Å². The van der Waals surface area contributed by atoms with Crippen molar-refractivity contribution in [2.24, 2.45) is 0 Å². The Morgan fingerprint density at radius 3 is 2.53 bits per heavy atom. The first kappa shape index (κ1) is 21.2. The number of hydrogen-bond acceptors (Lipinski definition) is 4. The van der Waals surface area contributed by atoms with Crippen molar-refractivity contribution >= 4 is 22.5 Å². The van der Waals surface area contributed by atoms with Crippen LogP contribution in [0.5, 0.6) is 0 Å². The first-order valence-electron chi connectivity index (χ1n) is 9.32. The molecule has 1 amide bonds. The molecule has 2 heterocycles. The monoisotopic (exact) mass is 445 g/mol. The van der Waals surface area contributed by atoms with E-state index < -0.39 is 35.6 Å². The highest BCUT2D eigenvalue weighted by Crippen LogP contribution is 2.30. The number of nitrogens with one attached hydrogen (secondary N) is 1. The average molecular weight is 445 g/mol. The first-order chi connectivity index (χ1) is 15.1. The van der Waals surface area contributed by atoms with Crippen LogP contribution in [-0.4, -0.2) is 25.5 Å². The van der Waals surface area contributed by atoms with Crippen LogP contribution < -0.4 is 10.9 Å². The molecule has 4 aromatic rings. The third-order valence-electron chi connectivity index (χ3n) is 4.70. The van der Waals surface area contributed by atoms with Gasteiger partial charge < -0.3 is 5.32 Å². The molecule has 0 saturated heterocycles. The Kier molecular flexibility index (Phi) is 5.25. The topological polar surface area (TPSA) is 81.8 Å². The molecular weight excluding hydrogens is 430 g/mol. The van der Waals surface area contributed by atoms with Gasteiger partial charge in [0.25, 0.3) is 5.56 Å². The third kappa shape index (κ3) is 4.09. The summed E-state index contributed by atoms with van der Waals surface area (Å²) in [5, 5.41) is 11.1. The molecule has 2 aromatic heterocycles. The van der Waals surface area contributed by atoms with E-state index in [1.54, 1.807) is 6.92 Å². The maximum absolute atomic E-state index is 13.3. The van der Waals surface area contributed by atoms with Crippen molar-refractivity contribution < 1.29 is 22.4 Å². The van der Waals surface area contributed by atoms with Crippen molar-refractivity contribution in [3.8, 4) is 5.69 Å². The minimum absolute atomic E-state index is 0.0629. The van der Waals surface area contributed by atoms with Crippen molar-refractivity contribution in [2.75, 3.05) is 5.32 Å². The van der Waals surface area contributed by atoms with Gasteiger partial charge >= 0.3 is 6.18 Å². The van der Waals surface area contributed by atoms with Crippen LogP contribution in [0.1, 0.15) is 11.3 Å². The molecule has 0 unspecified atom stereocenters. The van der Waals surface area contributed by atoms with E-state index in [-0.39, 0.29) is 11.2 Å². The van der Waals surface area contributed by atoms with Gasteiger partial charge in [-0.25, -0.2) is 13.8 Å². The fourth-order valence-corrected chi connectivity index (χ4v) is 3.22. The predicted molar refractivity (Wildman–Crippen MR) is 108 cm³/mol. The van der Waals surface area contributed by atoms with E-state index in [9.17, 15) is 27.2 Å². The minimum Gasteiger partial charge on any atom is -0.324 e. The number of carbonyl (C=O) groups is 1. The van der Waals surface area contributed by atoms with Gasteiger partial charge in [-0.3, -0.25) is 9.59 Å². The Bertz CT molecular complexity index is 1370. The van der Waals surface area contributed by atoms with Crippen LogP contribution >= 0.6 is 0 Å². The van der Waals surface area contributed by atoms with E-state index in [1.165, 1.54) is 47.3 Å². The molecule has 0 aliphatic heterocycles. The first-order valence-corrected chi connectivity index (χ1v) is 9.32. The van der Waals surface area contributed by atoms with Gasteiger partial charge in [0.05, 0.1) is 23.1 Å². The molecule has 0 fully saturated rings. The van der Waals surface area contributed by atoms with Crippen molar-refractivity contribution in [3.05, 3.63) is 82.2 Å². The lowest BCUT2D eigenvalue weighted by Crippen LogP contribution is -2.31. The molecule has 0 saturated carbocycles. The van der Waals surface area contributed by atoms with E-state index in [2.05, 4.69) is 15.5 Å². The quantitative estimate of drug-likeness (QED) is 0.486. The van der Waals surface area contributed by atoms with Crippen LogP contribution in [0, 0.1) is 12.7 Å². The van der Waals surface area contributed by atoms with Crippen LogP contribution in [0.25, 0.3) is 16.6 Å². The second-order valence-electron chi connectivity index (χ2n) is 6.97. The van der Waals surface area contributed by atoms with Crippen LogP contribution in [0.15, 0.2) is 59.5 Å². The number of benzene rings is 2. The summed E-state index contributed by atoms with van der Waals surface area (Å²) in [6, 6.07) is 9.49. The van der Waals surface area contributed by atoms with Gasteiger partial charge in [-0.15, -0.1) is 0 Å². The number of aryl methyl sites for hydroxylation is 1. The van der Waals surface area contributed by atoms with Gasteiger partial charge in [0, 0.05) is 11.1 Å². The number of rotatable bonds is 4. The second kappa shape index (κ2) is 7.91. The molecule has 0 bridgehead atoms. The van der Waals surface area contributed by atoms with E-state index in [0.717, 1.165) is 16.8 Å². The summed E-state index contributed by atoms with van der Waals surface area (Å²) in [6.07, 6.45) is -3.12. The highest BCUT2D eigenvalue weighted by Gasteiger charge is 2.30. The zero-order valence-electron chi connectivity index (χ0n) is 16.5. The van der Waals surface area contributed by atoms with Crippen molar-refractivity contribution in [1.29, 1.82) is 0 Å². The third-order valence-corrected chi connectivity index (χ3v) is 4.70. The molecule has 7 nitrogen and oxygen atoms in total. The van der Waals surface area contributed by atoms with E-state index in [4.69, 9.17) is 0 Å². The Morgan fingerprint density at radius 2 is 1.84 bits per heavy atom. The molecule has 0 atom stereocenters. The number of halogens is 4. The summed E-state index contributed by atoms with van der Waals surface area (Å²) in [4.78, 5) is 25.4. The number of carbonyl (C=O) groups excluding carboxylic acids is 1. The van der Waals surface area contributed by atoms with Crippen LogP contribution in [0.2, 0.25) is 0 Å². The van der Waals surface area contributed by atoms with Crippen molar-refractivity contribution in [3.63, 3.8) is 0 Å². The zero-order valence-corrected chi connectivity index (χ0v) is 16.5. The Labute approximate surface area is 177 Å². The number of alkyl halides is 3. The summed E-state index contributed by atoms with van der Waals surface area (Å²) >= 11 is 0. The molecule has 0 spiro atoms. The average Bonchev–Trinajstić information content (AvgIpc) is 3.18. The fourth-order valence-electron chi connectivity index (χ4n) is 3.22. The SMILES string of the molecule is Cc1nn(CC(=O)Nc2cccc(C(F)(F)F)c2)c(=O)c2c1cnn2-c1ccc(F)cc1. The molecule has 164 valence electrons. The van der Waals surface area contributed by atoms with Crippen LogP contribution in [-0.2, 0) is 17.5 Å². The number of fused-ring (bicyclic) bond motifs is 1. The lowest BCUT2D eigenvalue weighted by atomic mass is 10.2. The zero-order chi connectivity index (χ0) is 23.0. The standard InChI is InChI=1S/C21H15F4N5O2/c1-12-17-10-26-30(16-7-5-14(22)6-8-16)19(17)20(32)29(28-12)11-18(31)27-15-4-2-3-13(9-15)21(23,24)25/h2-10H,11H2,1H3,(H,27,31). The van der Waals surface area contributed by atoms with Crippen molar-refractivity contribution in [2.45, 2.75) is 19.6 Å². The van der Waals surface area contributed by atoms with Crippen LogP contribution in [0.4, 0.5) is 23.2 Å². The molecule has 1 N–H and O–H groups in total. The van der Waals surface area contributed by atoms with E-state index in [0.29, 0.717) is 16.8 Å². The van der Waals surface area contributed by atoms with Gasteiger partial charge in [-0.2, -0.15) is 23.4 Å². The lowest BCUT2D eigenvalue weighted by molar-refractivity contribution is -0.137. The van der Waals surface area contributed by atoms with Gasteiger partial charge in [0.1, 0.15) is 17.9 Å². The second-order valence-corrected chi connectivity index (χ2v) is 6.97. The predicted octanol–water partition coefficient (Wildman–Crippen LogP) is 3.69. The summed E-state index contributed by atoms with van der Waals surface area (Å²) < 4.78 is 54.1. The molecule has 2 aromatic carbocycles. The molecule has 32 heavy (non-hydrogen) atoms. The Morgan fingerprint density at radius 1 is 1.12 bits per heavy atom. The van der Waals surface area contributed by atoms with Gasteiger partial charge in [-0.05, 0) is 49.4 Å². The number of anilines is 1. The summed E-state index contributed by atoms with van der Waals surface area (Å²) in [5.74, 6) is -1.18. The largest absolute Gasteiger partial charge is 0.416 e. The maximum Gasteiger partial charge on any atom is 0.416 e. The highest BCUT2D eigenvalue weighted by atomic mass is 19.4. The highest BCUT2D eigenvalue weighted by molar-refractivity contribution is 5.91. The molecule has 4 rings (SSSR count). The van der Waals surface area contributed by atoms with Gasteiger partial charge in [-0.1, -0.05) is 6.07 Å². The lowest BCUT2D eigenvalue weighted by Gasteiger charge is -2.11. The molecule has 0 aliphatic rings. The summed E-state index contributed by atoms with van der Waals surface area (Å²) in [7, 11) is 0. The molecular formula is C21H15F4N5O2. The molecule has 11 heteroatoms.